The molecule has 3 aliphatic carbocycles. The number of nitrogen functional groups attached to an aromatic ring is 1. The smallest absolute Gasteiger partial charge is 0.0316 e. The molecule has 2 N–H and O–H groups in total. The van der Waals surface area contributed by atoms with E-state index >= 15 is 0 Å². The van der Waals surface area contributed by atoms with Crippen molar-refractivity contribution < 1.29 is 0 Å². The molecule has 1 heterocycles. The Morgan fingerprint density at radius 3 is 2.90 bits per heavy atom. The van der Waals surface area contributed by atoms with Gasteiger partial charge in [-0.1, -0.05) is 31.6 Å². The lowest BCUT2D eigenvalue weighted by atomic mass is 9.49. The molecule has 0 saturated heterocycles. The van der Waals surface area contributed by atoms with Gasteiger partial charge in [0.05, 0.1) is 0 Å². The highest BCUT2D eigenvalue weighted by molar-refractivity contribution is 5.45. The average Bonchev–Trinajstić information content (AvgIpc) is 2.47. The van der Waals surface area contributed by atoms with Gasteiger partial charge in [-0.3, -0.25) is 4.90 Å². The van der Waals surface area contributed by atoms with Gasteiger partial charge in [0.2, 0.25) is 0 Å². The number of hydrogen-bond donors (Lipinski definition) is 1. The molecule has 2 heteroatoms. The maximum absolute atomic E-state index is 5.90. The quantitative estimate of drug-likeness (QED) is 0.663. The van der Waals surface area contributed by atoms with E-state index in [2.05, 4.69) is 37.0 Å². The van der Waals surface area contributed by atoms with Crippen molar-refractivity contribution in [3.05, 3.63) is 41.0 Å². The van der Waals surface area contributed by atoms with Crippen LogP contribution in [0.3, 0.4) is 0 Å². The third-order valence-electron chi connectivity index (χ3n) is 6.31. The van der Waals surface area contributed by atoms with Crippen LogP contribution in [0.2, 0.25) is 0 Å². The molecule has 0 spiro atoms. The van der Waals surface area contributed by atoms with E-state index in [4.69, 9.17) is 5.73 Å². The van der Waals surface area contributed by atoms with Gasteiger partial charge in [-0.2, -0.15) is 0 Å². The predicted octanol–water partition coefficient (Wildman–Crippen LogP) is 3.62. The maximum atomic E-state index is 5.90. The van der Waals surface area contributed by atoms with Crippen molar-refractivity contribution in [3.8, 4) is 0 Å². The van der Waals surface area contributed by atoms with Crippen molar-refractivity contribution in [3.63, 3.8) is 0 Å². The van der Waals surface area contributed by atoms with Crippen LogP contribution in [0.25, 0.3) is 0 Å². The summed E-state index contributed by atoms with van der Waals surface area (Å²) in [7, 11) is 0. The van der Waals surface area contributed by atoms with Crippen LogP contribution < -0.4 is 5.73 Å². The summed E-state index contributed by atoms with van der Waals surface area (Å²) in [4.78, 5) is 2.62. The van der Waals surface area contributed by atoms with E-state index in [0.717, 1.165) is 30.5 Å². The van der Waals surface area contributed by atoms with E-state index in [1.54, 1.807) is 5.57 Å². The van der Waals surface area contributed by atoms with Crippen LogP contribution in [-0.2, 0) is 13.0 Å². The zero-order chi connectivity index (χ0) is 14.6. The topological polar surface area (TPSA) is 29.3 Å². The molecule has 1 fully saturated rings. The van der Waals surface area contributed by atoms with Gasteiger partial charge >= 0.3 is 0 Å². The molecule has 1 saturated carbocycles. The van der Waals surface area contributed by atoms with Crippen molar-refractivity contribution in [1.29, 1.82) is 0 Å². The predicted molar refractivity (Wildman–Crippen MR) is 87.9 cm³/mol. The number of allylic oxidation sites excluding steroid dienone is 1. The minimum Gasteiger partial charge on any atom is -0.399 e. The first-order valence-electron chi connectivity index (χ1n) is 8.32. The van der Waals surface area contributed by atoms with Crippen LogP contribution in [0.1, 0.15) is 37.8 Å². The number of fused-ring (bicyclic) bond motifs is 2. The fourth-order valence-corrected chi connectivity index (χ4v) is 4.68. The minimum absolute atomic E-state index is 0.548. The molecule has 112 valence electrons. The van der Waals surface area contributed by atoms with E-state index < -0.39 is 0 Å². The van der Waals surface area contributed by atoms with E-state index in [1.807, 2.05) is 6.07 Å². The molecule has 0 aromatic heterocycles. The lowest BCUT2D eigenvalue weighted by Gasteiger charge is -2.57. The fraction of sp³-hybridized carbons (Fsp3) is 0.579. The molecule has 2 atom stereocenters. The largest absolute Gasteiger partial charge is 0.399 e. The zero-order valence-electron chi connectivity index (χ0n) is 13.2. The second kappa shape index (κ2) is 4.61. The number of hydrogen-bond acceptors (Lipinski definition) is 2. The minimum atomic E-state index is 0.548. The molecule has 2 unspecified atom stereocenters. The van der Waals surface area contributed by atoms with Crippen LogP contribution in [-0.4, -0.2) is 18.0 Å². The second-order valence-electron chi connectivity index (χ2n) is 7.81. The second-order valence-corrected chi connectivity index (χ2v) is 7.81. The molecule has 1 aromatic rings. The van der Waals surface area contributed by atoms with E-state index in [9.17, 15) is 0 Å². The fourth-order valence-electron chi connectivity index (χ4n) is 4.68. The highest BCUT2D eigenvalue weighted by Crippen LogP contribution is 2.59. The summed E-state index contributed by atoms with van der Waals surface area (Å²) in [6, 6.07) is 6.42. The summed E-state index contributed by atoms with van der Waals surface area (Å²) >= 11 is 0. The van der Waals surface area contributed by atoms with Crippen molar-refractivity contribution in [2.45, 2.75) is 39.7 Å². The van der Waals surface area contributed by atoms with Gasteiger partial charge in [-0.05, 0) is 59.8 Å². The van der Waals surface area contributed by atoms with Gasteiger partial charge in [0.15, 0.2) is 0 Å². The van der Waals surface area contributed by atoms with E-state index in [-0.39, 0.29) is 0 Å². The average molecular weight is 282 g/mol. The van der Waals surface area contributed by atoms with Gasteiger partial charge in [0.25, 0.3) is 0 Å². The Morgan fingerprint density at radius 2 is 2.14 bits per heavy atom. The monoisotopic (exact) mass is 282 g/mol. The summed E-state index contributed by atoms with van der Waals surface area (Å²) in [6.45, 7) is 8.36. The Bertz CT molecular complexity index is 600. The Hall–Kier alpha value is -1.28. The van der Waals surface area contributed by atoms with Crippen LogP contribution in [0.5, 0.6) is 0 Å². The first-order chi connectivity index (χ1) is 10.0. The number of nitrogens with zero attached hydrogens (tertiary/aromatic N) is 1. The van der Waals surface area contributed by atoms with Gasteiger partial charge in [0, 0.05) is 25.3 Å². The molecule has 1 aromatic carbocycles. The zero-order valence-corrected chi connectivity index (χ0v) is 13.2. The van der Waals surface area contributed by atoms with Crippen molar-refractivity contribution in [2.75, 3.05) is 18.8 Å². The van der Waals surface area contributed by atoms with Crippen molar-refractivity contribution >= 4 is 5.69 Å². The molecule has 4 aliphatic rings. The van der Waals surface area contributed by atoms with Gasteiger partial charge in [-0.15, -0.1) is 0 Å². The van der Waals surface area contributed by atoms with Crippen LogP contribution in [0.15, 0.2) is 29.8 Å². The van der Waals surface area contributed by atoms with Crippen molar-refractivity contribution in [2.24, 2.45) is 17.3 Å². The van der Waals surface area contributed by atoms with Crippen LogP contribution in [0.4, 0.5) is 5.69 Å². The Kier molecular flexibility index (Phi) is 2.94. The summed E-state index contributed by atoms with van der Waals surface area (Å²) in [5.41, 5.74) is 12.0. The molecule has 21 heavy (non-hydrogen) atoms. The molecule has 2 nitrogen and oxygen atoms in total. The van der Waals surface area contributed by atoms with Gasteiger partial charge in [0.1, 0.15) is 0 Å². The number of rotatable bonds is 2. The van der Waals surface area contributed by atoms with E-state index in [1.165, 1.54) is 37.1 Å². The Labute approximate surface area is 128 Å². The van der Waals surface area contributed by atoms with Crippen LogP contribution in [0, 0.1) is 17.3 Å². The first kappa shape index (κ1) is 13.4. The molecule has 0 radical (unpaired) electrons. The maximum Gasteiger partial charge on any atom is 0.0316 e. The standard InChI is InChI=1S/C19H26N2/c1-19(2)16-5-3-15(18(19)10-16)12-21-8-7-13-9-17(20)6-4-14(13)11-21/h3-4,6,9,16,18H,5,7-8,10-12,20H2,1-2H3. The van der Waals surface area contributed by atoms with Gasteiger partial charge < -0.3 is 5.73 Å². The lowest BCUT2D eigenvalue weighted by Crippen LogP contribution is -2.50. The van der Waals surface area contributed by atoms with E-state index in [0.29, 0.717) is 5.41 Å². The summed E-state index contributed by atoms with van der Waals surface area (Å²) in [5, 5.41) is 0. The molecule has 5 rings (SSSR count). The highest BCUT2D eigenvalue weighted by Gasteiger charge is 2.51. The molecule has 2 bridgehead atoms. The summed E-state index contributed by atoms with van der Waals surface area (Å²) in [5.74, 6) is 1.78. The number of benzene rings is 1. The van der Waals surface area contributed by atoms with Gasteiger partial charge in [-0.25, -0.2) is 0 Å². The molecule has 1 aliphatic heterocycles. The Morgan fingerprint density at radius 1 is 1.29 bits per heavy atom. The summed E-state index contributed by atoms with van der Waals surface area (Å²) in [6.07, 6.45) is 6.42. The normalized spacial score (nSPS) is 30.3. The number of anilines is 1. The van der Waals surface area contributed by atoms with Crippen LogP contribution >= 0.6 is 0 Å². The molecule has 0 amide bonds. The molecular formula is C19H26N2. The number of nitrogens with two attached hydrogens (primary N) is 1. The Balaban J connectivity index is 1.47. The summed E-state index contributed by atoms with van der Waals surface area (Å²) < 4.78 is 0. The first-order valence-corrected chi connectivity index (χ1v) is 8.32. The third-order valence-corrected chi connectivity index (χ3v) is 6.31. The third kappa shape index (κ3) is 2.12. The lowest BCUT2D eigenvalue weighted by molar-refractivity contribution is -0.0110. The SMILES string of the molecule is CC1(C)C2CC=C(CN3CCc4cc(N)ccc4C3)C1C2. The highest BCUT2D eigenvalue weighted by atomic mass is 15.1. The molecular weight excluding hydrogens is 256 g/mol. The van der Waals surface area contributed by atoms with Crippen molar-refractivity contribution in [1.82, 2.24) is 4.90 Å².